The first-order chi connectivity index (χ1) is 8.49. The fourth-order valence-corrected chi connectivity index (χ4v) is 1.66. The zero-order chi connectivity index (χ0) is 13.3. The molecule has 0 spiro atoms. The standard InChI is InChI=1S/C11H16N6O/c1-7-9(5-12-17(7)4)11(18)16(3)6-10-13-8(2)14-15-10/h5H,6H2,1-4H3,(H,13,14,15). The number of aryl methyl sites for hydroxylation is 2. The highest BCUT2D eigenvalue weighted by atomic mass is 16.2. The predicted octanol–water partition coefficient (Wildman–Crippen LogP) is 0.427. The van der Waals surface area contributed by atoms with Crippen molar-refractivity contribution in [3.63, 3.8) is 0 Å². The van der Waals surface area contributed by atoms with Gasteiger partial charge in [0.05, 0.1) is 18.3 Å². The van der Waals surface area contributed by atoms with Gasteiger partial charge in [-0.1, -0.05) is 0 Å². The van der Waals surface area contributed by atoms with Gasteiger partial charge in [0.2, 0.25) is 0 Å². The average molecular weight is 248 g/mol. The number of rotatable bonds is 3. The SMILES string of the molecule is Cc1nc(CN(C)C(=O)c2cnn(C)c2C)n[nH]1. The number of hydrogen-bond donors (Lipinski definition) is 1. The second-order valence-electron chi connectivity index (χ2n) is 4.27. The van der Waals surface area contributed by atoms with Crippen LogP contribution in [0.5, 0.6) is 0 Å². The number of carbonyl (C=O) groups excluding carboxylic acids is 1. The highest BCUT2D eigenvalue weighted by Gasteiger charge is 2.18. The Morgan fingerprint density at radius 1 is 1.50 bits per heavy atom. The third kappa shape index (κ3) is 2.24. The van der Waals surface area contributed by atoms with E-state index in [1.807, 2.05) is 20.9 Å². The Labute approximate surface area is 105 Å². The van der Waals surface area contributed by atoms with E-state index in [4.69, 9.17) is 0 Å². The fraction of sp³-hybridized carbons (Fsp3) is 0.455. The maximum atomic E-state index is 12.2. The molecule has 18 heavy (non-hydrogen) atoms. The molecule has 0 bridgehead atoms. The summed E-state index contributed by atoms with van der Waals surface area (Å²) in [5, 5.41) is 10.8. The summed E-state index contributed by atoms with van der Waals surface area (Å²) in [6.45, 7) is 4.06. The van der Waals surface area contributed by atoms with Crippen molar-refractivity contribution in [2.45, 2.75) is 20.4 Å². The van der Waals surface area contributed by atoms with E-state index in [2.05, 4.69) is 20.3 Å². The topological polar surface area (TPSA) is 79.7 Å². The monoisotopic (exact) mass is 248 g/mol. The molecule has 1 N–H and O–H groups in total. The number of aromatic amines is 1. The van der Waals surface area contributed by atoms with Crippen LogP contribution in [0.25, 0.3) is 0 Å². The summed E-state index contributed by atoms with van der Waals surface area (Å²) in [4.78, 5) is 17.9. The molecule has 0 radical (unpaired) electrons. The van der Waals surface area contributed by atoms with Crippen molar-refractivity contribution < 1.29 is 4.79 Å². The van der Waals surface area contributed by atoms with Gasteiger partial charge in [-0.15, -0.1) is 0 Å². The van der Waals surface area contributed by atoms with Crippen LogP contribution in [0.4, 0.5) is 0 Å². The van der Waals surface area contributed by atoms with Crippen molar-refractivity contribution in [1.29, 1.82) is 0 Å². The Balaban J connectivity index is 2.12. The molecule has 96 valence electrons. The maximum absolute atomic E-state index is 12.2. The third-order valence-electron chi connectivity index (χ3n) is 2.83. The van der Waals surface area contributed by atoms with E-state index in [1.54, 1.807) is 22.8 Å². The van der Waals surface area contributed by atoms with Crippen molar-refractivity contribution >= 4 is 5.91 Å². The quantitative estimate of drug-likeness (QED) is 0.854. The number of aromatic nitrogens is 5. The highest BCUT2D eigenvalue weighted by Crippen LogP contribution is 2.10. The fourth-order valence-electron chi connectivity index (χ4n) is 1.66. The van der Waals surface area contributed by atoms with E-state index in [9.17, 15) is 4.79 Å². The Kier molecular flexibility index (Phi) is 3.14. The Morgan fingerprint density at radius 3 is 2.72 bits per heavy atom. The molecule has 0 fully saturated rings. The van der Waals surface area contributed by atoms with E-state index >= 15 is 0 Å². The van der Waals surface area contributed by atoms with E-state index in [0.29, 0.717) is 17.9 Å². The van der Waals surface area contributed by atoms with Crippen LogP contribution in [0, 0.1) is 13.8 Å². The minimum atomic E-state index is -0.0805. The first-order valence-electron chi connectivity index (χ1n) is 5.61. The minimum Gasteiger partial charge on any atom is -0.334 e. The molecular formula is C11H16N6O. The largest absolute Gasteiger partial charge is 0.334 e. The van der Waals surface area contributed by atoms with Crippen LogP contribution in [-0.2, 0) is 13.6 Å². The lowest BCUT2D eigenvalue weighted by Crippen LogP contribution is -2.27. The van der Waals surface area contributed by atoms with Crippen LogP contribution in [0.1, 0.15) is 27.7 Å². The van der Waals surface area contributed by atoms with Gasteiger partial charge in [-0.25, -0.2) is 4.98 Å². The lowest BCUT2D eigenvalue weighted by atomic mass is 10.2. The summed E-state index contributed by atoms with van der Waals surface area (Å²) < 4.78 is 1.68. The van der Waals surface area contributed by atoms with Crippen LogP contribution < -0.4 is 0 Å². The molecule has 0 atom stereocenters. The first-order valence-corrected chi connectivity index (χ1v) is 5.61. The van der Waals surface area contributed by atoms with Gasteiger partial charge in [-0.3, -0.25) is 14.6 Å². The molecule has 0 unspecified atom stereocenters. The van der Waals surface area contributed by atoms with Gasteiger partial charge < -0.3 is 4.90 Å². The van der Waals surface area contributed by atoms with Gasteiger partial charge >= 0.3 is 0 Å². The zero-order valence-corrected chi connectivity index (χ0v) is 10.9. The lowest BCUT2D eigenvalue weighted by molar-refractivity contribution is 0.0781. The molecule has 0 aliphatic rings. The van der Waals surface area contributed by atoms with Gasteiger partial charge in [0, 0.05) is 19.8 Å². The summed E-state index contributed by atoms with van der Waals surface area (Å²) in [7, 11) is 3.53. The molecule has 2 aromatic rings. The van der Waals surface area contributed by atoms with Crippen LogP contribution in [0.2, 0.25) is 0 Å². The van der Waals surface area contributed by atoms with Crippen molar-refractivity contribution in [2.75, 3.05) is 7.05 Å². The average Bonchev–Trinajstić information content (AvgIpc) is 2.87. The molecule has 0 aromatic carbocycles. The number of nitrogens with zero attached hydrogens (tertiary/aromatic N) is 5. The molecular weight excluding hydrogens is 232 g/mol. The smallest absolute Gasteiger partial charge is 0.257 e. The first kappa shape index (κ1) is 12.3. The minimum absolute atomic E-state index is 0.0805. The van der Waals surface area contributed by atoms with E-state index in [1.165, 1.54) is 0 Å². The highest BCUT2D eigenvalue weighted by molar-refractivity contribution is 5.94. The number of hydrogen-bond acceptors (Lipinski definition) is 4. The van der Waals surface area contributed by atoms with Crippen LogP contribution in [0.3, 0.4) is 0 Å². The molecule has 2 aromatic heterocycles. The van der Waals surface area contributed by atoms with Gasteiger partial charge in [0.1, 0.15) is 5.82 Å². The van der Waals surface area contributed by atoms with Gasteiger partial charge in [0.15, 0.2) is 5.82 Å². The number of H-pyrrole nitrogens is 1. The molecule has 2 heterocycles. The number of nitrogens with one attached hydrogen (secondary N) is 1. The van der Waals surface area contributed by atoms with Gasteiger partial charge in [-0.05, 0) is 13.8 Å². The second-order valence-corrected chi connectivity index (χ2v) is 4.27. The second kappa shape index (κ2) is 4.59. The molecule has 7 nitrogen and oxygen atoms in total. The van der Waals surface area contributed by atoms with Gasteiger partial charge in [-0.2, -0.15) is 10.2 Å². The number of amides is 1. The van der Waals surface area contributed by atoms with Crippen LogP contribution in [0.15, 0.2) is 6.20 Å². The number of carbonyl (C=O) groups is 1. The molecule has 0 aliphatic heterocycles. The van der Waals surface area contributed by atoms with E-state index in [0.717, 1.165) is 11.5 Å². The lowest BCUT2D eigenvalue weighted by Gasteiger charge is -2.14. The third-order valence-corrected chi connectivity index (χ3v) is 2.83. The van der Waals surface area contributed by atoms with Crippen LogP contribution in [-0.4, -0.2) is 42.8 Å². The molecule has 0 aliphatic carbocycles. The van der Waals surface area contributed by atoms with Crippen molar-refractivity contribution in [3.8, 4) is 0 Å². The molecule has 0 saturated heterocycles. The molecule has 7 heteroatoms. The van der Waals surface area contributed by atoms with E-state index in [-0.39, 0.29) is 5.91 Å². The van der Waals surface area contributed by atoms with Gasteiger partial charge in [0.25, 0.3) is 5.91 Å². The summed E-state index contributed by atoms with van der Waals surface area (Å²) in [6.07, 6.45) is 1.58. The van der Waals surface area contributed by atoms with Crippen molar-refractivity contribution in [1.82, 2.24) is 29.9 Å². The molecule has 2 rings (SSSR count). The molecule has 0 saturated carbocycles. The van der Waals surface area contributed by atoms with Crippen LogP contribution >= 0.6 is 0 Å². The summed E-state index contributed by atoms with van der Waals surface area (Å²) in [5.41, 5.74) is 1.45. The van der Waals surface area contributed by atoms with E-state index < -0.39 is 0 Å². The Hall–Kier alpha value is -2.18. The zero-order valence-electron chi connectivity index (χ0n) is 10.9. The Morgan fingerprint density at radius 2 is 2.22 bits per heavy atom. The summed E-state index contributed by atoms with van der Waals surface area (Å²) >= 11 is 0. The Bertz CT molecular complexity index is 570. The maximum Gasteiger partial charge on any atom is 0.257 e. The summed E-state index contributed by atoms with van der Waals surface area (Å²) in [6, 6.07) is 0. The summed E-state index contributed by atoms with van der Waals surface area (Å²) in [5.74, 6) is 1.26. The normalized spacial score (nSPS) is 10.7. The van der Waals surface area contributed by atoms with Crippen molar-refractivity contribution in [2.24, 2.45) is 7.05 Å². The molecule has 1 amide bonds. The predicted molar refractivity (Wildman–Crippen MR) is 64.9 cm³/mol. The van der Waals surface area contributed by atoms with Crippen molar-refractivity contribution in [3.05, 3.63) is 29.1 Å².